The predicted octanol–water partition coefficient (Wildman–Crippen LogP) is 3.45. The highest BCUT2D eigenvalue weighted by atomic mass is 35.5. The van der Waals surface area contributed by atoms with E-state index in [1.54, 1.807) is 17.7 Å². The molecular formula is C13H16ClN3S. The lowest BCUT2D eigenvalue weighted by Crippen LogP contribution is -2.34. The third kappa shape index (κ3) is 2.19. The number of piperidine rings is 1. The summed E-state index contributed by atoms with van der Waals surface area (Å²) < 4.78 is 0. The van der Waals surface area contributed by atoms with Crippen LogP contribution in [0.15, 0.2) is 12.4 Å². The van der Waals surface area contributed by atoms with E-state index in [0.717, 1.165) is 42.5 Å². The molecule has 5 heteroatoms. The summed E-state index contributed by atoms with van der Waals surface area (Å²) in [5.41, 5.74) is 0. The Bertz CT molecular complexity index is 546. The van der Waals surface area contributed by atoms with E-state index in [2.05, 4.69) is 27.9 Å². The zero-order valence-corrected chi connectivity index (χ0v) is 12.0. The first-order valence-electron chi connectivity index (χ1n) is 6.30. The van der Waals surface area contributed by atoms with Crippen LogP contribution >= 0.6 is 22.9 Å². The maximum Gasteiger partial charge on any atom is 0.140 e. The minimum atomic E-state index is 0.671. The Hall–Kier alpha value is -0.870. The van der Waals surface area contributed by atoms with Gasteiger partial charge in [0.15, 0.2) is 0 Å². The fraction of sp³-hybridized carbons (Fsp3) is 0.538. The van der Waals surface area contributed by atoms with Crippen molar-refractivity contribution in [3.05, 3.63) is 17.3 Å². The maximum absolute atomic E-state index is 5.93. The third-order valence-corrected chi connectivity index (χ3v) is 4.96. The van der Waals surface area contributed by atoms with Gasteiger partial charge in [0.1, 0.15) is 17.0 Å². The summed E-state index contributed by atoms with van der Waals surface area (Å²) in [4.78, 5) is 13.6. The first-order valence-corrected chi connectivity index (χ1v) is 7.65. The zero-order chi connectivity index (χ0) is 12.5. The topological polar surface area (TPSA) is 29.0 Å². The number of nitrogens with zero attached hydrogens (tertiary/aromatic N) is 3. The summed E-state index contributed by atoms with van der Waals surface area (Å²) in [6.07, 6.45) is 4.01. The molecule has 0 amide bonds. The summed E-state index contributed by atoms with van der Waals surface area (Å²) >= 11 is 7.67. The van der Waals surface area contributed by atoms with Crippen LogP contribution in [0.1, 0.15) is 17.7 Å². The van der Waals surface area contributed by atoms with E-state index in [4.69, 9.17) is 11.6 Å². The molecular weight excluding hydrogens is 266 g/mol. The van der Waals surface area contributed by atoms with E-state index in [9.17, 15) is 0 Å². The molecule has 0 saturated carbocycles. The Balaban J connectivity index is 1.90. The highest BCUT2D eigenvalue weighted by Gasteiger charge is 2.21. The second-order valence-electron chi connectivity index (χ2n) is 4.86. The molecule has 96 valence electrons. The number of hydrogen-bond donors (Lipinski definition) is 0. The van der Waals surface area contributed by atoms with Crippen LogP contribution in [0.2, 0.25) is 0 Å². The van der Waals surface area contributed by atoms with Gasteiger partial charge in [-0.3, -0.25) is 0 Å². The number of thiophene rings is 1. The van der Waals surface area contributed by atoms with Crippen molar-refractivity contribution in [1.82, 2.24) is 9.97 Å². The quantitative estimate of drug-likeness (QED) is 0.790. The third-order valence-electron chi connectivity index (χ3n) is 3.56. The number of anilines is 1. The van der Waals surface area contributed by atoms with Crippen molar-refractivity contribution in [3.8, 4) is 0 Å². The standard InChI is InChI=1S/C13H16ClN3S/c1-9-6-11-12(15-8-16-13(11)18-9)17-4-2-10(7-14)3-5-17/h6,8,10H,2-5,7H2,1H3. The molecule has 0 atom stereocenters. The van der Waals surface area contributed by atoms with Crippen LogP contribution in [0.25, 0.3) is 10.2 Å². The van der Waals surface area contributed by atoms with E-state index >= 15 is 0 Å². The monoisotopic (exact) mass is 281 g/mol. The molecule has 0 aromatic carbocycles. The fourth-order valence-corrected chi connectivity index (χ4v) is 3.66. The lowest BCUT2D eigenvalue weighted by Gasteiger charge is -2.32. The van der Waals surface area contributed by atoms with Gasteiger partial charge in [0.2, 0.25) is 0 Å². The van der Waals surface area contributed by atoms with Crippen molar-refractivity contribution >= 4 is 39.0 Å². The number of halogens is 1. The SMILES string of the molecule is Cc1cc2c(N3CCC(CCl)CC3)ncnc2s1. The van der Waals surface area contributed by atoms with E-state index in [1.165, 1.54) is 10.3 Å². The van der Waals surface area contributed by atoms with Gasteiger partial charge in [0.25, 0.3) is 0 Å². The highest BCUT2D eigenvalue weighted by molar-refractivity contribution is 7.18. The van der Waals surface area contributed by atoms with Crippen molar-refractivity contribution < 1.29 is 0 Å². The Kier molecular flexibility index (Phi) is 3.39. The molecule has 0 aliphatic carbocycles. The molecule has 3 nitrogen and oxygen atoms in total. The van der Waals surface area contributed by atoms with Crippen LogP contribution < -0.4 is 4.90 Å². The number of fused-ring (bicyclic) bond motifs is 1. The molecule has 2 aromatic rings. The molecule has 3 rings (SSSR count). The molecule has 1 aliphatic rings. The van der Waals surface area contributed by atoms with Crippen molar-refractivity contribution in [2.24, 2.45) is 5.92 Å². The van der Waals surface area contributed by atoms with Crippen LogP contribution in [0.3, 0.4) is 0 Å². The van der Waals surface area contributed by atoms with Crippen LogP contribution in [-0.2, 0) is 0 Å². The van der Waals surface area contributed by atoms with Crippen LogP contribution in [-0.4, -0.2) is 28.9 Å². The van der Waals surface area contributed by atoms with E-state index in [1.807, 2.05) is 0 Å². The first-order chi connectivity index (χ1) is 8.78. The second-order valence-corrected chi connectivity index (χ2v) is 6.40. The lowest BCUT2D eigenvalue weighted by atomic mass is 9.99. The lowest BCUT2D eigenvalue weighted by molar-refractivity contribution is 0.441. The normalized spacial score (nSPS) is 17.6. The minimum absolute atomic E-state index is 0.671. The van der Waals surface area contributed by atoms with Crippen molar-refractivity contribution in [2.45, 2.75) is 19.8 Å². The zero-order valence-electron chi connectivity index (χ0n) is 10.4. The van der Waals surface area contributed by atoms with Gasteiger partial charge in [-0.05, 0) is 31.7 Å². The van der Waals surface area contributed by atoms with Crippen LogP contribution in [0, 0.1) is 12.8 Å². The van der Waals surface area contributed by atoms with E-state index < -0.39 is 0 Å². The maximum atomic E-state index is 5.93. The number of alkyl halides is 1. The van der Waals surface area contributed by atoms with E-state index in [-0.39, 0.29) is 0 Å². The summed E-state index contributed by atoms with van der Waals surface area (Å²) in [7, 11) is 0. The second kappa shape index (κ2) is 5.02. The van der Waals surface area contributed by atoms with Gasteiger partial charge in [-0.25, -0.2) is 9.97 Å². The summed E-state index contributed by atoms with van der Waals surface area (Å²) in [5, 5.41) is 1.20. The molecule has 1 aliphatic heterocycles. The van der Waals surface area contributed by atoms with E-state index in [0.29, 0.717) is 5.92 Å². The van der Waals surface area contributed by atoms with Gasteiger partial charge in [0, 0.05) is 23.8 Å². The van der Waals surface area contributed by atoms with Crippen molar-refractivity contribution in [3.63, 3.8) is 0 Å². The Morgan fingerprint density at radius 2 is 2.17 bits per heavy atom. The molecule has 0 N–H and O–H groups in total. The molecule has 0 spiro atoms. The summed E-state index contributed by atoms with van der Waals surface area (Å²) in [6.45, 7) is 4.23. The number of aromatic nitrogens is 2. The largest absolute Gasteiger partial charge is 0.356 e. The highest BCUT2D eigenvalue weighted by Crippen LogP contribution is 2.31. The van der Waals surface area contributed by atoms with Gasteiger partial charge in [-0.15, -0.1) is 22.9 Å². The van der Waals surface area contributed by atoms with Gasteiger partial charge in [0.05, 0.1) is 5.39 Å². The molecule has 0 bridgehead atoms. The summed E-state index contributed by atoms with van der Waals surface area (Å²) in [5.74, 6) is 2.55. The van der Waals surface area contributed by atoms with Crippen LogP contribution in [0.4, 0.5) is 5.82 Å². The average Bonchev–Trinajstić information content (AvgIpc) is 2.79. The van der Waals surface area contributed by atoms with Crippen molar-refractivity contribution in [2.75, 3.05) is 23.9 Å². The summed E-state index contributed by atoms with van der Waals surface area (Å²) in [6, 6.07) is 2.20. The molecule has 3 heterocycles. The number of hydrogen-bond acceptors (Lipinski definition) is 4. The smallest absolute Gasteiger partial charge is 0.140 e. The minimum Gasteiger partial charge on any atom is -0.356 e. The molecule has 2 aromatic heterocycles. The van der Waals surface area contributed by atoms with Gasteiger partial charge in [-0.1, -0.05) is 0 Å². The molecule has 1 saturated heterocycles. The van der Waals surface area contributed by atoms with Gasteiger partial charge in [-0.2, -0.15) is 0 Å². The van der Waals surface area contributed by atoms with Gasteiger partial charge < -0.3 is 4.90 Å². The fourth-order valence-electron chi connectivity index (χ4n) is 2.51. The Morgan fingerprint density at radius 1 is 1.39 bits per heavy atom. The predicted molar refractivity (Wildman–Crippen MR) is 77.8 cm³/mol. The number of aryl methyl sites for hydroxylation is 1. The molecule has 0 radical (unpaired) electrons. The number of rotatable bonds is 2. The van der Waals surface area contributed by atoms with Crippen LogP contribution in [0.5, 0.6) is 0 Å². The Morgan fingerprint density at radius 3 is 2.89 bits per heavy atom. The molecule has 18 heavy (non-hydrogen) atoms. The first kappa shape index (κ1) is 12.2. The average molecular weight is 282 g/mol. The van der Waals surface area contributed by atoms with Gasteiger partial charge >= 0.3 is 0 Å². The van der Waals surface area contributed by atoms with Crippen molar-refractivity contribution in [1.29, 1.82) is 0 Å². The molecule has 0 unspecified atom stereocenters. The Labute approximate surface area is 116 Å². The molecule has 1 fully saturated rings.